The molecule has 3 N–H and O–H groups in total. The van der Waals surface area contributed by atoms with E-state index in [9.17, 15) is 8.42 Å². The standard InChI is InChI=1S/C24H24N6O2S/c31-33(32,29-18-19-6-2-1-3-7-19)21-11-9-20(10-12-21)22-13-15-27-24(30-22)28-17-16-26-23-8-4-5-14-25-23/h1-15,29H,16-18H2,(H,25,26)(H,27,28,30). The molecule has 0 aliphatic heterocycles. The van der Waals surface area contributed by atoms with Crippen molar-refractivity contribution in [2.45, 2.75) is 11.4 Å². The minimum atomic E-state index is -3.61. The SMILES string of the molecule is O=S(=O)(NCc1ccccc1)c1ccc(-c2ccnc(NCCNc3ccccn3)n2)cc1. The maximum atomic E-state index is 12.6. The van der Waals surface area contributed by atoms with E-state index in [1.165, 1.54) is 0 Å². The van der Waals surface area contributed by atoms with Crippen molar-refractivity contribution in [3.63, 3.8) is 0 Å². The van der Waals surface area contributed by atoms with Gasteiger partial charge < -0.3 is 10.6 Å². The molecule has 0 saturated carbocycles. The second-order valence-electron chi connectivity index (χ2n) is 7.17. The Hall–Kier alpha value is -3.82. The number of hydrogen-bond acceptors (Lipinski definition) is 7. The normalized spacial score (nSPS) is 11.2. The van der Waals surface area contributed by atoms with Gasteiger partial charge in [0.2, 0.25) is 16.0 Å². The van der Waals surface area contributed by atoms with Crippen LogP contribution in [0.5, 0.6) is 0 Å². The van der Waals surface area contributed by atoms with Crippen molar-refractivity contribution >= 4 is 21.8 Å². The summed E-state index contributed by atoms with van der Waals surface area (Å²) in [5.74, 6) is 1.30. The fourth-order valence-electron chi connectivity index (χ4n) is 3.10. The van der Waals surface area contributed by atoms with Crippen LogP contribution in [0.25, 0.3) is 11.3 Å². The van der Waals surface area contributed by atoms with E-state index >= 15 is 0 Å². The molecule has 0 aliphatic carbocycles. The topological polar surface area (TPSA) is 109 Å². The van der Waals surface area contributed by atoms with E-state index in [0.29, 0.717) is 24.7 Å². The van der Waals surface area contributed by atoms with Crippen LogP contribution in [0.1, 0.15) is 5.56 Å². The summed E-state index contributed by atoms with van der Waals surface area (Å²) in [6.07, 6.45) is 3.40. The van der Waals surface area contributed by atoms with Gasteiger partial charge in [0.05, 0.1) is 10.6 Å². The van der Waals surface area contributed by atoms with Crippen LogP contribution in [0.3, 0.4) is 0 Å². The third-order valence-corrected chi connectivity index (χ3v) is 6.22. The Kier molecular flexibility index (Phi) is 7.23. The molecule has 168 valence electrons. The molecule has 0 fully saturated rings. The molecule has 0 bridgehead atoms. The van der Waals surface area contributed by atoms with Gasteiger partial charge in [-0.3, -0.25) is 0 Å². The van der Waals surface area contributed by atoms with E-state index in [4.69, 9.17) is 0 Å². The molecule has 0 spiro atoms. The number of sulfonamides is 1. The quantitative estimate of drug-likeness (QED) is 0.311. The molecule has 0 aliphatic rings. The maximum absolute atomic E-state index is 12.6. The number of nitrogens with zero attached hydrogens (tertiary/aromatic N) is 3. The molecule has 33 heavy (non-hydrogen) atoms. The summed E-state index contributed by atoms with van der Waals surface area (Å²) in [6.45, 7) is 1.51. The molecule has 0 saturated heterocycles. The molecule has 4 rings (SSSR count). The van der Waals surface area contributed by atoms with Gasteiger partial charge in [0, 0.05) is 37.6 Å². The predicted octanol–water partition coefficient (Wildman–Crippen LogP) is 3.54. The van der Waals surface area contributed by atoms with Gasteiger partial charge in [-0.1, -0.05) is 48.5 Å². The van der Waals surface area contributed by atoms with Gasteiger partial charge in [0.1, 0.15) is 5.82 Å². The molecule has 2 heterocycles. The lowest BCUT2D eigenvalue weighted by atomic mass is 10.1. The Labute approximate surface area is 193 Å². The molecule has 2 aromatic carbocycles. The monoisotopic (exact) mass is 460 g/mol. The first-order chi connectivity index (χ1) is 16.1. The van der Waals surface area contributed by atoms with Crippen molar-refractivity contribution in [2.24, 2.45) is 0 Å². The number of nitrogens with one attached hydrogen (secondary N) is 3. The molecule has 8 nitrogen and oxygen atoms in total. The van der Waals surface area contributed by atoms with Gasteiger partial charge in [-0.05, 0) is 35.9 Å². The Morgan fingerprint density at radius 3 is 2.24 bits per heavy atom. The minimum absolute atomic E-state index is 0.204. The summed E-state index contributed by atoms with van der Waals surface area (Å²) in [5, 5.41) is 6.38. The van der Waals surface area contributed by atoms with Crippen LogP contribution in [0.15, 0.2) is 96.2 Å². The van der Waals surface area contributed by atoms with E-state index in [0.717, 1.165) is 16.9 Å². The molecular formula is C24H24N6O2S. The number of pyridine rings is 1. The van der Waals surface area contributed by atoms with Crippen LogP contribution in [0, 0.1) is 0 Å². The maximum Gasteiger partial charge on any atom is 0.240 e. The Morgan fingerprint density at radius 2 is 1.48 bits per heavy atom. The van der Waals surface area contributed by atoms with E-state index in [-0.39, 0.29) is 11.4 Å². The van der Waals surface area contributed by atoms with Crippen molar-refractivity contribution < 1.29 is 8.42 Å². The highest BCUT2D eigenvalue weighted by Gasteiger charge is 2.14. The highest BCUT2D eigenvalue weighted by molar-refractivity contribution is 7.89. The van der Waals surface area contributed by atoms with Crippen molar-refractivity contribution in [3.05, 3.63) is 96.8 Å². The van der Waals surface area contributed by atoms with Crippen molar-refractivity contribution in [1.29, 1.82) is 0 Å². The fraction of sp³-hybridized carbons (Fsp3) is 0.125. The second kappa shape index (κ2) is 10.7. The van der Waals surface area contributed by atoms with Crippen LogP contribution < -0.4 is 15.4 Å². The van der Waals surface area contributed by atoms with Gasteiger partial charge in [-0.25, -0.2) is 28.1 Å². The minimum Gasteiger partial charge on any atom is -0.368 e. The summed E-state index contributed by atoms with van der Waals surface area (Å²) in [4.78, 5) is 13.2. The zero-order valence-corrected chi connectivity index (χ0v) is 18.7. The molecule has 0 amide bonds. The lowest BCUT2D eigenvalue weighted by molar-refractivity contribution is 0.581. The van der Waals surface area contributed by atoms with E-state index in [1.807, 2.05) is 48.5 Å². The van der Waals surface area contributed by atoms with E-state index in [1.54, 1.807) is 42.7 Å². The van der Waals surface area contributed by atoms with Crippen molar-refractivity contribution in [1.82, 2.24) is 19.7 Å². The number of benzene rings is 2. The zero-order chi connectivity index (χ0) is 22.9. The van der Waals surface area contributed by atoms with Gasteiger partial charge in [-0.15, -0.1) is 0 Å². The number of aromatic nitrogens is 3. The highest BCUT2D eigenvalue weighted by atomic mass is 32.2. The van der Waals surface area contributed by atoms with Gasteiger partial charge >= 0.3 is 0 Å². The zero-order valence-electron chi connectivity index (χ0n) is 17.8. The number of anilines is 2. The summed E-state index contributed by atoms with van der Waals surface area (Å²) < 4.78 is 27.8. The fourth-order valence-corrected chi connectivity index (χ4v) is 4.12. The lowest BCUT2D eigenvalue weighted by Crippen LogP contribution is -2.23. The molecule has 4 aromatic rings. The highest BCUT2D eigenvalue weighted by Crippen LogP contribution is 2.20. The average Bonchev–Trinajstić information content (AvgIpc) is 2.87. The average molecular weight is 461 g/mol. The van der Waals surface area contributed by atoms with Gasteiger partial charge in [0.15, 0.2) is 0 Å². The first-order valence-corrected chi connectivity index (χ1v) is 11.9. The molecule has 9 heteroatoms. The third-order valence-electron chi connectivity index (χ3n) is 4.80. The van der Waals surface area contributed by atoms with Gasteiger partial charge in [0.25, 0.3) is 0 Å². The predicted molar refractivity (Wildman–Crippen MR) is 129 cm³/mol. The first-order valence-electron chi connectivity index (χ1n) is 10.5. The Morgan fingerprint density at radius 1 is 0.727 bits per heavy atom. The molecule has 0 unspecified atom stereocenters. The molecule has 0 radical (unpaired) electrons. The van der Waals surface area contributed by atoms with Crippen molar-refractivity contribution in [2.75, 3.05) is 23.7 Å². The largest absolute Gasteiger partial charge is 0.368 e. The van der Waals surface area contributed by atoms with Crippen LogP contribution in [-0.2, 0) is 16.6 Å². The number of hydrogen-bond donors (Lipinski definition) is 3. The van der Waals surface area contributed by atoms with Crippen LogP contribution >= 0.6 is 0 Å². The molecular weight excluding hydrogens is 436 g/mol. The van der Waals surface area contributed by atoms with E-state index in [2.05, 4.69) is 30.3 Å². The molecule has 0 atom stereocenters. The van der Waals surface area contributed by atoms with Crippen LogP contribution in [0.4, 0.5) is 11.8 Å². The number of rotatable bonds is 10. The Balaban J connectivity index is 1.35. The van der Waals surface area contributed by atoms with Crippen molar-refractivity contribution in [3.8, 4) is 11.3 Å². The van der Waals surface area contributed by atoms with Gasteiger partial charge in [-0.2, -0.15) is 0 Å². The van der Waals surface area contributed by atoms with Crippen LogP contribution in [-0.4, -0.2) is 36.5 Å². The third kappa shape index (κ3) is 6.34. The first kappa shape index (κ1) is 22.4. The summed E-state index contributed by atoms with van der Waals surface area (Å²) >= 11 is 0. The van der Waals surface area contributed by atoms with E-state index < -0.39 is 10.0 Å². The Bertz CT molecular complexity index is 1270. The lowest BCUT2D eigenvalue weighted by Gasteiger charge is -2.09. The second-order valence-corrected chi connectivity index (χ2v) is 8.94. The smallest absolute Gasteiger partial charge is 0.240 e. The summed E-state index contributed by atoms with van der Waals surface area (Å²) in [6, 6.07) is 23.5. The summed E-state index contributed by atoms with van der Waals surface area (Å²) in [5.41, 5.74) is 2.40. The van der Waals surface area contributed by atoms with Crippen LogP contribution in [0.2, 0.25) is 0 Å². The summed E-state index contributed by atoms with van der Waals surface area (Å²) in [7, 11) is -3.61. The molecule has 2 aromatic heterocycles.